The first-order valence-electron chi connectivity index (χ1n) is 7.83. The third-order valence-corrected chi connectivity index (χ3v) is 5.47. The summed E-state index contributed by atoms with van der Waals surface area (Å²) in [5.41, 5.74) is 1.27. The van der Waals surface area contributed by atoms with E-state index in [0.29, 0.717) is 44.4 Å². The molecule has 3 aromatic heterocycles. The van der Waals surface area contributed by atoms with Gasteiger partial charge in [0.2, 0.25) is 5.89 Å². The molecule has 27 heavy (non-hydrogen) atoms. The van der Waals surface area contributed by atoms with Gasteiger partial charge in [0.15, 0.2) is 11.5 Å². The number of fused-ring (bicyclic) bond motifs is 1. The number of H-pyrrole nitrogens is 1. The third-order valence-electron chi connectivity index (χ3n) is 3.73. The number of aromatic nitrogens is 4. The molecule has 0 atom stereocenters. The maximum atomic E-state index is 12.0. The molecule has 138 valence electrons. The lowest BCUT2D eigenvalue weighted by molar-refractivity contribution is 0.355. The van der Waals surface area contributed by atoms with Gasteiger partial charge in [-0.25, -0.2) is 4.98 Å². The van der Waals surface area contributed by atoms with Gasteiger partial charge in [-0.2, -0.15) is 0 Å². The van der Waals surface area contributed by atoms with Gasteiger partial charge in [0, 0.05) is 5.56 Å². The molecule has 1 aromatic carbocycles. The van der Waals surface area contributed by atoms with E-state index in [1.54, 1.807) is 26.4 Å². The van der Waals surface area contributed by atoms with Crippen molar-refractivity contribution in [1.82, 2.24) is 20.2 Å². The number of thiophene rings is 1. The van der Waals surface area contributed by atoms with Crippen molar-refractivity contribution < 1.29 is 13.9 Å². The standard InChI is InChI=1S/C17H14N4O4S2/c1-23-11-4-3-9(7-12(11)24-2)16-20-21-17(25-16)27-8-13-18-10-5-6-26-14(10)15(22)19-13/h3-7H,8H2,1-2H3,(H,18,19,22). The van der Waals surface area contributed by atoms with E-state index >= 15 is 0 Å². The molecule has 0 amide bonds. The largest absolute Gasteiger partial charge is 0.493 e. The molecular formula is C17H14N4O4S2. The molecule has 0 aliphatic carbocycles. The highest BCUT2D eigenvalue weighted by molar-refractivity contribution is 7.98. The fourth-order valence-corrected chi connectivity index (χ4v) is 3.83. The van der Waals surface area contributed by atoms with E-state index in [-0.39, 0.29) is 5.56 Å². The number of benzene rings is 1. The highest BCUT2D eigenvalue weighted by atomic mass is 32.2. The predicted octanol–water partition coefficient (Wildman–Crippen LogP) is 3.34. The van der Waals surface area contributed by atoms with Crippen LogP contribution in [0.3, 0.4) is 0 Å². The normalized spacial score (nSPS) is 11.0. The minimum Gasteiger partial charge on any atom is -0.493 e. The van der Waals surface area contributed by atoms with Crippen LogP contribution in [0.4, 0.5) is 0 Å². The lowest BCUT2D eigenvalue weighted by atomic mass is 10.2. The molecule has 10 heteroatoms. The molecule has 8 nitrogen and oxygen atoms in total. The van der Waals surface area contributed by atoms with Crippen LogP contribution in [0.2, 0.25) is 0 Å². The second-order valence-corrected chi connectivity index (χ2v) is 7.22. The van der Waals surface area contributed by atoms with Crippen LogP contribution in [0.5, 0.6) is 11.5 Å². The van der Waals surface area contributed by atoms with Crippen LogP contribution in [0, 0.1) is 0 Å². The Morgan fingerprint density at radius 2 is 2.04 bits per heavy atom. The van der Waals surface area contributed by atoms with Gasteiger partial charge in [0.1, 0.15) is 10.5 Å². The molecule has 0 aliphatic heterocycles. The minimum atomic E-state index is -0.137. The average molecular weight is 402 g/mol. The summed E-state index contributed by atoms with van der Waals surface area (Å²) >= 11 is 2.67. The highest BCUT2D eigenvalue weighted by Crippen LogP contribution is 2.33. The summed E-state index contributed by atoms with van der Waals surface area (Å²) < 4.78 is 16.8. The summed E-state index contributed by atoms with van der Waals surface area (Å²) in [7, 11) is 3.14. The SMILES string of the molecule is COc1ccc(-c2nnc(SCc3nc4ccsc4c(=O)[nH]3)o2)cc1OC. The van der Waals surface area contributed by atoms with Crippen molar-refractivity contribution >= 4 is 33.3 Å². The van der Waals surface area contributed by atoms with Gasteiger partial charge in [-0.15, -0.1) is 21.5 Å². The maximum absolute atomic E-state index is 12.0. The molecule has 0 fully saturated rings. The smallest absolute Gasteiger partial charge is 0.277 e. The second-order valence-electron chi connectivity index (χ2n) is 5.38. The van der Waals surface area contributed by atoms with Crippen molar-refractivity contribution in [3.63, 3.8) is 0 Å². The summed E-state index contributed by atoms with van der Waals surface area (Å²) in [4.78, 5) is 19.2. The Morgan fingerprint density at radius 3 is 2.85 bits per heavy atom. The molecule has 0 spiro atoms. The van der Waals surface area contributed by atoms with Crippen LogP contribution in [0.15, 0.2) is 44.1 Å². The van der Waals surface area contributed by atoms with E-state index in [2.05, 4.69) is 20.2 Å². The lowest BCUT2D eigenvalue weighted by Crippen LogP contribution is -2.09. The summed E-state index contributed by atoms with van der Waals surface area (Å²) in [5.74, 6) is 2.53. The number of hydrogen-bond acceptors (Lipinski definition) is 9. The Labute approximate surface area is 161 Å². The van der Waals surface area contributed by atoms with Gasteiger partial charge in [0.05, 0.1) is 25.5 Å². The predicted molar refractivity (Wildman–Crippen MR) is 103 cm³/mol. The van der Waals surface area contributed by atoms with Gasteiger partial charge in [-0.1, -0.05) is 11.8 Å². The quantitative estimate of drug-likeness (QED) is 0.490. The molecule has 4 rings (SSSR count). The van der Waals surface area contributed by atoms with Crippen molar-refractivity contribution in [2.45, 2.75) is 11.0 Å². The van der Waals surface area contributed by atoms with Gasteiger partial charge in [-0.05, 0) is 29.6 Å². The van der Waals surface area contributed by atoms with Crippen molar-refractivity contribution in [2.75, 3.05) is 14.2 Å². The highest BCUT2D eigenvalue weighted by Gasteiger charge is 2.13. The van der Waals surface area contributed by atoms with Crippen molar-refractivity contribution in [2.24, 2.45) is 0 Å². The molecule has 0 bridgehead atoms. The monoisotopic (exact) mass is 402 g/mol. The van der Waals surface area contributed by atoms with E-state index in [0.717, 1.165) is 5.56 Å². The number of nitrogens with zero attached hydrogens (tertiary/aromatic N) is 3. The molecule has 3 heterocycles. The van der Waals surface area contributed by atoms with E-state index in [1.807, 2.05) is 17.5 Å². The van der Waals surface area contributed by atoms with Crippen LogP contribution in [-0.2, 0) is 5.75 Å². The zero-order chi connectivity index (χ0) is 18.8. The second kappa shape index (κ2) is 7.41. The van der Waals surface area contributed by atoms with Crippen LogP contribution in [0.25, 0.3) is 21.7 Å². The molecule has 0 aliphatic rings. The van der Waals surface area contributed by atoms with Crippen molar-refractivity contribution in [3.05, 3.63) is 45.8 Å². The van der Waals surface area contributed by atoms with Crippen LogP contribution >= 0.6 is 23.1 Å². The number of nitrogens with one attached hydrogen (secondary N) is 1. The Hall–Kier alpha value is -2.85. The number of rotatable bonds is 6. The van der Waals surface area contributed by atoms with Crippen LogP contribution in [-0.4, -0.2) is 34.4 Å². The fraction of sp³-hybridized carbons (Fsp3) is 0.176. The van der Waals surface area contributed by atoms with E-state index in [9.17, 15) is 4.79 Å². The number of ether oxygens (including phenoxy) is 2. The van der Waals surface area contributed by atoms with E-state index in [4.69, 9.17) is 13.9 Å². The maximum Gasteiger partial charge on any atom is 0.277 e. The molecule has 4 aromatic rings. The third kappa shape index (κ3) is 3.53. The number of thioether (sulfide) groups is 1. The summed E-state index contributed by atoms with van der Waals surface area (Å²) in [6.07, 6.45) is 0. The summed E-state index contributed by atoms with van der Waals surface area (Å²) in [6.45, 7) is 0. The first-order valence-corrected chi connectivity index (χ1v) is 9.69. The molecule has 0 saturated heterocycles. The summed E-state index contributed by atoms with van der Waals surface area (Å²) in [6, 6.07) is 7.18. The van der Waals surface area contributed by atoms with Gasteiger partial charge in [-0.3, -0.25) is 4.79 Å². The van der Waals surface area contributed by atoms with E-state index < -0.39 is 0 Å². The average Bonchev–Trinajstić information content (AvgIpc) is 3.35. The topological polar surface area (TPSA) is 103 Å². The number of hydrogen-bond donors (Lipinski definition) is 1. The van der Waals surface area contributed by atoms with Crippen LogP contribution in [0.1, 0.15) is 5.82 Å². The number of methoxy groups -OCH3 is 2. The van der Waals surface area contributed by atoms with Crippen molar-refractivity contribution in [3.8, 4) is 23.0 Å². The first kappa shape index (κ1) is 17.6. The van der Waals surface area contributed by atoms with Crippen LogP contribution < -0.4 is 15.0 Å². The summed E-state index contributed by atoms with van der Waals surface area (Å²) in [5, 5.41) is 10.3. The van der Waals surface area contributed by atoms with Gasteiger partial charge >= 0.3 is 0 Å². The van der Waals surface area contributed by atoms with Gasteiger partial charge in [0.25, 0.3) is 10.8 Å². The van der Waals surface area contributed by atoms with Gasteiger partial charge < -0.3 is 18.9 Å². The Kier molecular flexibility index (Phi) is 4.82. The first-order chi connectivity index (χ1) is 13.2. The lowest BCUT2D eigenvalue weighted by Gasteiger charge is -2.07. The molecule has 0 unspecified atom stereocenters. The Morgan fingerprint density at radius 1 is 1.19 bits per heavy atom. The molecule has 0 radical (unpaired) electrons. The zero-order valence-corrected chi connectivity index (χ0v) is 16.0. The fourth-order valence-electron chi connectivity index (χ4n) is 2.47. The molecule has 0 saturated carbocycles. The van der Waals surface area contributed by atoms with Crippen molar-refractivity contribution in [1.29, 1.82) is 0 Å². The van der Waals surface area contributed by atoms with E-state index in [1.165, 1.54) is 23.1 Å². The Bertz CT molecular complexity index is 1150. The number of aromatic amines is 1. The molecule has 1 N–H and O–H groups in total. The zero-order valence-electron chi connectivity index (χ0n) is 14.4. The minimum absolute atomic E-state index is 0.137. The molecular weight excluding hydrogens is 388 g/mol. The Balaban J connectivity index is 1.51.